The van der Waals surface area contributed by atoms with Gasteiger partial charge in [0.2, 0.25) is 5.91 Å². The van der Waals surface area contributed by atoms with Crippen LogP contribution >= 0.6 is 11.8 Å². The molecule has 1 N–H and O–H groups in total. The highest BCUT2D eigenvalue weighted by Gasteiger charge is 2.14. The maximum Gasteiger partial charge on any atom is 0.236 e. The lowest BCUT2D eigenvalue weighted by Crippen LogP contribution is -2.16. The fourth-order valence-corrected chi connectivity index (χ4v) is 3.12. The van der Waals surface area contributed by atoms with E-state index in [4.69, 9.17) is 0 Å². The third-order valence-electron chi connectivity index (χ3n) is 3.82. The summed E-state index contributed by atoms with van der Waals surface area (Å²) in [5.74, 6) is 1.51. The number of amides is 1. The van der Waals surface area contributed by atoms with Gasteiger partial charge < -0.3 is 9.88 Å². The summed E-state index contributed by atoms with van der Waals surface area (Å²) in [6.07, 6.45) is 1.66. The van der Waals surface area contributed by atoms with Crippen LogP contribution in [0.15, 0.2) is 47.8 Å². The Kier molecular flexibility index (Phi) is 5.14. The summed E-state index contributed by atoms with van der Waals surface area (Å²) in [5, 5.41) is 12.0. The van der Waals surface area contributed by atoms with Gasteiger partial charge in [-0.3, -0.25) is 4.79 Å². The number of thioether (sulfide) groups is 1. The molecule has 1 aromatic carbocycles. The number of benzene rings is 1. The van der Waals surface area contributed by atoms with Crippen LogP contribution in [0.5, 0.6) is 0 Å². The van der Waals surface area contributed by atoms with Crippen molar-refractivity contribution in [2.75, 3.05) is 11.1 Å². The van der Waals surface area contributed by atoms with Gasteiger partial charge in [-0.05, 0) is 31.0 Å². The van der Waals surface area contributed by atoms with Gasteiger partial charge in [0.05, 0.1) is 5.75 Å². The van der Waals surface area contributed by atoms with Gasteiger partial charge in [-0.1, -0.05) is 42.1 Å². The molecular weight excluding hydrogens is 334 g/mol. The summed E-state index contributed by atoms with van der Waals surface area (Å²) in [7, 11) is 1.91. The fraction of sp³-hybridized carbons (Fsp3) is 0.222. The first-order chi connectivity index (χ1) is 12.1. The number of hydrogen-bond acceptors (Lipinski definition) is 5. The molecule has 0 saturated carbocycles. The molecule has 128 valence electrons. The molecule has 0 aliphatic heterocycles. The molecule has 2 heterocycles. The van der Waals surface area contributed by atoms with Crippen LogP contribution in [-0.2, 0) is 11.8 Å². The minimum atomic E-state index is -0.118. The average molecular weight is 353 g/mol. The van der Waals surface area contributed by atoms with E-state index < -0.39 is 0 Å². The molecule has 0 unspecified atom stereocenters. The van der Waals surface area contributed by atoms with Crippen LogP contribution in [0, 0.1) is 13.8 Å². The van der Waals surface area contributed by atoms with Crippen molar-refractivity contribution < 1.29 is 4.79 Å². The lowest BCUT2D eigenvalue weighted by Gasteiger charge is -2.07. The number of aryl methyl sites for hydroxylation is 2. The van der Waals surface area contributed by atoms with Gasteiger partial charge in [0.25, 0.3) is 0 Å². The van der Waals surface area contributed by atoms with Crippen LogP contribution in [0.2, 0.25) is 0 Å². The molecule has 3 aromatic rings. The molecule has 7 heteroatoms. The predicted octanol–water partition coefficient (Wildman–Crippen LogP) is 3.22. The van der Waals surface area contributed by atoms with Gasteiger partial charge in [0.1, 0.15) is 5.82 Å². The van der Waals surface area contributed by atoms with Crippen LogP contribution in [0.25, 0.3) is 11.4 Å². The molecule has 0 fully saturated rings. The molecule has 0 aliphatic carbocycles. The highest BCUT2D eigenvalue weighted by molar-refractivity contribution is 7.99. The molecule has 6 nitrogen and oxygen atoms in total. The largest absolute Gasteiger partial charge is 0.310 e. The monoisotopic (exact) mass is 353 g/mol. The molecule has 25 heavy (non-hydrogen) atoms. The molecule has 0 aliphatic rings. The van der Waals surface area contributed by atoms with E-state index in [9.17, 15) is 4.79 Å². The number of nitrogens with one attached hydrogen (secondary N) is 1. The predicted molar refractivity (Wildman–Crippen MR) is 99.5 cm³/mol. The Labute approximate surface area is 150 Å². The number of aromatic nitrogens is 4. The van der Waals surface area contributed by atoms with E-state index in [-0.39, 0.29) is 11.7 Å². The standard InChI is InChI=1S/C18H19N5OS/c1-12-7-4-5-9-14(12)17-21-22-18(23(17)3)25-11-15(24)20-16-13(2)8-6-10-19-16/h4-10H,11H2,1-3H3,(H,19,20,24). The SMILES string of the molecule is Cc1ccccc1-c1nnc(SCC(=O)Nc2ncccc2C)n1C. The minimum absolute atomic E-state index is 0.118. The number of rotatable bonds is 5. The van der Waals surface area contributed by atoms with E-state index in [1.165, 1.54) is 11.8 Å². The molecule has 1 amide bonds. The Morgan fingerprint density at radius 2 is 1.88 bits per heavy atom. The first-order valence-electron chi connectivity index (χ1n) is 7.86. The van der Waals surface area contributed by atoms with Crippen LogP contribution in [0.4, 0.5) is 5.82 Å². The first kappa shape index (κ1) is 17.2. The summed E-state index contributed by atoms with van der Waals surface area (Å²) < 4.78 is 1.91. The zero-order valence-corrected chi connectivity index (χ0v) is 15.2. The summed E-state index contributed by atoms with van der Waals surface area (Å²) in [6.45, 7) is 3.95. The quantitative estimate of drug-likeness (QED) is 0.713. The van der Waals surface area contributed by atoms with Gasteiger partial charge in [0, 0.05) is 18.8 Å². The van der Waals surface area contributed by atoms with E-state index in [2.05, 4.69) is 20.5 Å². The van der Waals surface area contributed by atoms with Crippen LogP contribution in [-0.4, -0.2) is 31.4 Å². The number of carbonyl (C=O) groups excluding carboxylic acids is 1. The second-order valence-electron chi connectivity index (χ2n) is 5.69. The van der Waals surface area contributed by atoms with Gasteiger partial charge in [-0.15, -0.1) is 10.2 Å². The second-order valence-corrected chi connectivity index (χ2v) is 6.63. The number of anilines is 1. The van der Waals surface area contributed by atoms with Gasteiger partial charge in [-0.2, -0.15) is 0 Å². The number of nitrogens with zero attached hydrogens (tertiary/aromatic N) is 4. The van der Waals surface area contributed by atoms with E-state index in [0.29, 0.717) is 11.0 Å². The van der Waals surface area contributed by atoms with Crippen molar-refractivity contribution in [2.45, 2.75) is 19.0 Å². The Balaban J connectivity index is 1.67. The number of carbonyl (C=O) groups is 1. The molecule has 2 aromatic heterocycles. The third kappa shape index (κ3) is 3.88. The minimum Gasteiger partial charge on any atom is -0.310 e. The topological polar surface area (TPSA) is 72.7 Å². The molecule has 0 saturated heterocycles. The maximum absolute atomic E-state index is 12.2. The van der Waals surface area contributed by atoms with E-state index in [1.54, 1.807) is 6.20 Å². The van der Waals surface area contributed by atoms with Gasteiger partial charge in [0.15, 0.2) is 11.0 Å². The smallest absolute Gasteiger partial charge is 0.236 e. The normalized spacial score (nSPS) is 10.7. The third-order valence-corrected chi connectivity index (χ3v) is 4.84. The zero-order valence-electron chi connectivity index (χ0n) is 14.4. The summed E-state index contributed by atoms with van der Waals surface area (Å²) in [5.41, 5.74) is 3.11. The molecule has 0 spiro atoms. The van der Waals surface area contributed by atoms with Gasteiger partial charge >= 0.3 is 0 Å². The molecule has 0 atom stereocenters. The van der Waals surface area contributed by atoms with E-state index in [1.807, 2.05) is 61.9 Å². The van der Waals surface area contributed by atoms with Crippen molar-refractivity contribution in [1.29, 1.82) is 0 Å². The molecule has 0 bridgehead atoms. The molecular formula is C18H19N5OS. The Bertz CT molecular complexity index is 906. The van der Waals surface area contributed by atoms with E-state index >= 15 is 0 Å². The Hall–Kier alpha value is -2.67. The van der Waals surface area contributed by atoms with Gasteiger partial charge in [-0.25, -0.2) is 4.98 Å². The highest BCUT2D eigenvalue weighted by Crippen LogP contribution is 2.25. The number of pyridine rings is 1. The first-order valence-corrected chi connectivity index (χ1v) is 8.84. The second kappa shape index (κ2) is 7.48. The summed E-state index contributed by atoms with van der Waals surface area (Å²) in [4.78, 5) is 16.3. The summed E-state index contributed by atoms with van der Waals surface area (Å²) >= 11 is 1.35. The number of hydrogen-bond donors (Lipinski definition) is 1. The molecule has 0 radical (unpaired) electrons. The van der Waals surface area contributed by atoms with Crippen molar-refractivity contribution in [3.63, 3.8) is 0 Å². The lowest BCUT2D eigenvalue weighted by molar-refractivity contribution is -0.113. The summed E-state index contributed by atoms with van der Waals surface area (Å²) in [6, 6.07) is 11.8. The maximum atomic E-state index is 12.2. The Morgan fingerprint density at radius 1 is 1.12 bits per heavy atom. The van der Waals surface area contributed by atoms with Crippen molar-refractivity contribution in [3.05, 3.63) is 53.7 Å². The van der Waals surface area contributed by atoms with Crippen LogP contribution in [0.1, 0.15) is 11.1 Å². The molecule has 3 rings (SSSR count). The average Bonchev–Trinajstić information content (AvgIpc) is 2.96. The van der Waals surface area contributed by atoms with Crippen LogP contribution in [0.3, 0.4) is 0 Å². The van der Waals surface area contributed by atoms with Crippen molar-refractivity contribution >= 4 is 23.5 Å². The zero-order chi connectivity index (χ0) is 17.8. The van der Waals surface area contributed by atoms with Crippen molar-refractivity contribution in [3.8, 4) is 11.4 Å². The van der Waals surface area contributed by atoms with E-state index in [0.717, 1.165) is 22.5 Å². The van der Waals surface area contributed by atoms with Crippen molar-refractivity contribution in [1.82, 2.24) is 19.7 Å². The van der Waals surface area contributed by atoms with Crippen molar-refractivity contribution in [2.24, 2.45) is 7.05 Å². The lowest BCUT2D eigenvalue weighted by atomic mass is 10.1. The highest BCUT2D eigenvalue weighted by atomic mass is 32.2. The van der Waals surface area contributed by atoms with Crippen LogP contribution < -0.4 is 5.32 Å². The Morgan fingerprint density at radius 3 is 2.64 bits per heavy atom. The fourth-order valence-electron chi connectivity index (χ4n) is 2.41.